The number of hydrogen-bond donors (Lipinski definition) is 1. The highest BCUT2D eigenvalue weighted by Gasteiger charge is 2.20. The first kappa shape index (κ1) is 15.1. The van der Waals surface area contributed by atoms with Gasteiger partial charge in [-0.15, -0.1) is 0 Å². The number of aromatic nitrogens is 2. The molecule has 1 fully saturated rings. The number of nitrogens with zero attached hydrogens (tertiary/aromatic N) is 4. The average molecular weight is 364 g/mol. The number of hydrogen-bond acceptors (Lipinski definition) is 6. The van der Waals surface area contributed by atoms with Crippen LogP contribution in [0.1, 0.15) is 0 Å². The zero-order chi connectivity index (χ0) is 15.5. The van der Waals surface area contributed by atoms with E-state index in [0.717, 1.165) is 36.5 Å². The summed E-state index contributed by atoms with van der Waals surface area (Å²) in [5, 5.41) is 0. The van der Waals surface area contributed by atoms with Gasteiger partial charge in [-0.1, -0.05) is 15.9 Å². The Morgan fingerprint density at radius 3 is 2.45 bits per heavy atom. The molecule has 1 aliphatic heterocycles. The zero-order valence-electron chi connectivity index (χ0n) is 12.4. The molecule has 22 heavy (non-hydrogen) atoms. The van der Waals surface area contributed by atoms with Crippen LogP contribution >= 0.6 is 15.9 Å². The van der Waals surface area contributed by atoms with Crippen molar-refractivity contribution in [3.05, 3.63) is 35.1 Å². The van der Waals surface area contributed by atoms with Gasteiger partial charge in [-0.3, -0.25) is 0 Å². The summed E-state index contributed by atoms with van der Waals surface area (Å²) in [4.78, 5) is 12.9. The third-order valence-corrected chi connectivity index (χ3v) is 4.19. The Kier molecular flexibility index (Phi) is 4.44. The van der Waals surface area contributed by atoms with Crippen LogP contribution in [0, 0.1) is 0 Å². The van der Waals surface area contributed by atoms with Crippen LogP contribution in [0.3, 0.4) is 0 Å². The maximum absolute atomic E-state index is 6.21. The number of halogens is 1. The van der Waals surface area contributed by atoms with E-state index in [4.69, 9.17) is 10.5 Å². The standard InChI is InChI=1S/C15H18BrN5O/c1-20-6-8-21(9-7-20)14-13(17)15(19-10-18-14)22-12-4-2-11(16)3-5-12/h2-5,10H,6-9,17H2,1H3. The fourth-order valence-corrected chi connectivity index (χ4v) is 2.60. The minimum absolute atomic E-state index is 0.395. The monoisotopic (exact) mass is 363 g/mol. The Morgan fingerprint density at radius 2 is 1.77 bits per heavy atom. The summed E-state index contributed by atoms with van der Waals surface area (Å²) >= 11 is 3.40. The molecule has 0 aliphatic carbocycles. The lowest BCUT2D eigenvalue weighted by Gasteiger charge is -2.33. The number of nitrogens with two attached hydrogens (primary N) is 1. The molecule has 0 saturated carbocycles. The van der Waals surface area contributed by atoms with Crippen molar-refractivity contribution in [1.29, 1.82) is 0 Å². The van der Waals surface area contributed by atoms with E-state index < -0.39 is 0 Å². The van der Waals surface area contributed by atoms with E-state index in [9.17, 15) is 0 Å². The van der Waals surface area contributed by atoms with Gasteiger partial charge in [0.2, 0.25) is 5.88 Å². The van der Waals surface area contributed by atoms with Crippen molar-refractivity contribution in [3.8, 4) is 11.6 Å². The predicted octanol–water partition coefficient (Wildman–Crippen LogP) is 2.37. The van der Waals surface area contributed by atoms with Gasteiger partial charge in [0.25, 0.3) is 0 Å². The lowest BCUT2D eigenvalue weighted by Crippen LogP contribution is -2.45. The van der Waals surface area contributed by atoms with Gasteiger partial charge in [0.1, 0.15) is 17.8 Å². The number of benzene rings is 1. The van der Waals surface area contributed by atoms with Crippen molar-refractivity contribution < 1.29 is 4.74 Å². The molecule has 2 heterocycles. The lowest BCUT2D eigenvalue weighted by atomic mass is 10.3. The Morgan fingerprint density at radius 1 is 1.09 bits per heavy atom. The Balaban J connectivity index is 1.81. The maximum Gasteiger partial charge on any atom is 0.248 e. The summed E-state index contributed by atoms with van der Waals surface area (Å²) in [6.07, 6.45) is 1.50. The van der Waals surface area contributed by atoms with Crippen molar-refractivity contribution in [3.63, 3.8) is 0 Å². The molecule has 116 valence electrons. The molecule has 1 saturated heterocycles. The van der Waals surface area contributed by atoms with E-state index in [-0.39, 0.29) is 0 Å². The van der Waals surface area contributed by atoms with E-state index in [2.05, 4.69) is 42.7 Å². The van der Waals surface area contributed by atoms with Crippen LogP contribution in [0.2, 0.25) is 0 Å². The fourth-order valence-electron chi connectivity index (χ4n) is 2.34. The highest BCUT2D eigenvalue weighted by atomic mass is 79.9. The van der Waals surface area contributed by atoms with Gasteiger partial charge in [0, 0.05) is 30.7 Å². The molecule has 1 aliphatic rings. The third kappa shape index (κ3) is 3.31. The van der Waals surface area contributed by atoms with Crippen LogP contribution in [0.15, 0.2) is 35.1 Å². The fraction of sp³-hybridized carbons (Fsp3) is 0.333. The van der Waals surface area contributed by atoms with Crippen molar-refractivity contribution >= 4 is 27.4 Å². The number of nitrogen functional groups attached to an aromatic ring is 1. The summed E-state index contributed by atoms with van der Waals surface area (Å²) in [6, 6.07) is 7.55. The van der Waals surface area contributed by atoms with Crippen molar-refractivity contribution in [2.75, 3.05) is 43.9 Å². The molecule has 0 atom stereocenters. The molecule has 3 rings (SSSR count). The summed E-state index contributed by atoms with van der Waals surface area (Å²) in [5.41, 5.74) is 6.69. The van der Waals surface area contributed by atoms with Gasteiger partial charge in [-0.2, -0.15) is 4.98 Å². The summed E-state index contributed by atoms with van der Waals surface area (Å²) in [6.45, 7) is 3.78. The number of rotatable bonds is 3. The van der Waals surface area contributed by atoms with Crippen molar-refractivity contribution in [2.45, 2.75) is 0 Å². The molecule has 1 aromatic heterocycles. The van der Waals surface area contributed by atoms with Crippen molar-refractivity contribution in [2.24, 2.45) is 0 Å². The Hall–Kier alpha value is -1.86. The summed E-state index contributed by atoms with van der Waals surface area (Å²) < 4.78 is 6.78. The van der Waals surface area contributed by atoms with E-state index in [1.54, 1.807) is 0 Å². The average Bonchev–Trinajstić information content (AvgIpc) is 2.53. The molecule has 0 amide bonds. The van der Waals surface area contributed by atoms with E-state index in [1.165, 1.54) is 6.33 Å². The second-order valence-electron chi connectivity index (χ2n) is 5.26. The largest absolute Gasteiger partial charge is 0.437 e. The lowest BCUT2D eigenvalue weighted by molar-refractivity contribution is 0.312. The van der Waals surface area contributed by atoms with Crippen LogP contribution in [0.5, 0.6) is 11.6 Å². The predicted molar refractivity (Wildman–Crippen MR) is 90.4 cm³/mol. The molecule has 1 aromatic carbocycles. The third-order valence-electron chi connectivity index (χ3n) is 3.66. The van der Waals surface area contributed by atoms with Gasteiger partial charge >= 0.3 is 0 Å². The van der Waals surface area contributed by atoms with Crippen LogP contribution in [0.4, 0.5) is 11.5 Å². The van der Waals surface area contributed by atoms with Crippen LogP contribution in [-0.2, 0) is 0 Å². The first-order valence-corrected chi connectivity index (χ1v) is 7.90. The smallest absolute Gasteiger partial charge is 0.248 e. The van der Waals surface area contributed by atoms with Gasteiger partial charge in [0.05, 0.1) is 0 Å². The highest BCUT2D eigenvalue weighted by Crippen LogP contribution is 2.32. The number of anilines is 2. The molecule has 0 unspecified atom stereocenters. The van der Waals surface area contributed by atoms with Gasteiger partial charge < -0.3 is 20.3 Å². The Labute approximate surface area is 138 Å². The second kappa shape index (κ2) is 6.50. The minimum Gasteiger partial charge on any atom is -0.437 e. The van der Waals surface area contributed by atoms with E-state index >= 15 is 0 Å². The molecule has 2 N–H and O–H groups in total. The van der Waals surface area contributed by atoms with Crippen molar-refractivity contribution in [1.82, 2.24) is 14.9 Å². The molecular formula is C15H18BrN5O. The SMILES string of the molecule is CN1CCN(c2ncnc(Oc3ccc(Br)cc3)c2N)CC1. The topological polar surface area (TPSA) is 67.5 Å². The molecule has 7 heteroatoms. The minimum atomic E-state index is 0.395. The summed E-state index contributed by atoms with van der Waals surface area (Å²) in [5.74, 6) is 1.83. The van der Waals surface area contributed by atoms with Crippen LogP contribution in [-0.4, -0.2) is 48.1 Å². The molecule has 2 aromatic rings. The second-order valence-corrected chi connectivity index (χ2v) is 6.18. The first-order chi connectivity index (χ1) is 10.6. The molecule has 0 spiro atoms. The number of ether oxygens (including phenoxy) is 1. The zero-order valence-corrected chi connectivity index (χ0v) is 14.0. The Bertz CT molecular complexity index is 641. The molecular weight excluding hydrogens is 346 g/mol. The van der Waals surface area contributed by atoms with Gasteiger partial charge in [-0.05, 0) is 31.3 Å². The molecule has 0 radical (unpaired) electrons. The number of piperazine rings is 1. The normalized spacial score (nSPS) is 15.8. The molecule has 6 nitrogen and oxygen atoms in total. The first-order valence-electron chi connectivity index (χ1n) is 7.11. The van der Waals surface area contributed by atoms with Crippen LogP contribution in [0.25, 0.3) is 0 Å². The molecule has 0 bridgehead atoms. The maximum atomic E-state index is 6.21. The van der Waals surface area contributed by atoms with Crippen LogP contribution < -0.4 is 15.4 Å². The highest BCUT2D eigenvalue weighted by molar-refractivity contribution is 9.10. The van der Waals surface area contributed by atoms with E-state index in [1.807, 2.05) is 24.3 Å². The van der Waals surface area contributed by atoms with Gasteiger partial charge in [-0.25, -0.2) is 4.98 Å². The van der Waals surface area contributed by atoms with Gasteiger partial charge in [0.15, 0.2) is 5.82 Å². The number of likely N-dealkylation sites (N-methyl/N-ethyl adjacent to an activating group) is 1. The summed E-state index contributed by atoms with van der Waals surface area (Å²) in [7, 11) is 2.11. The van der Waals surface area contributed by atoms with E-state index in [0.29, 0.717) is 17.3 Å². The quantitative estimate of drug-likeness (QED) is 0.902.